The lowest BCUT2D eigenvalue weighted by molar-refractivity contribution is -0.148. The molecule has 0 heterocycles. The molecule has 0 spiro atoms. The Morgan fingerprint density at radius 2 is 2.40 bits per heavy atom. The van der Waals surface area contributed by atoms with E-state index in [9.17, 15) is 4.79 Å². The molecule has 0 N–H and O–H groups in total. The van der Waals surface area contributed by atoms with E-state index in [0.717, 1.165) is 12.0 Å². The molecule has 0 aliphatic heterocycles. The van der Waals surface area contributed by atoms with Gasteiger partial charge in [0, 0.05) is 0 Å². The quantitative estimate of drug-likeness (QED) is 0.429. The average Bonchev–Trinajstić information content (AvgIpc) is 2.43. The van der Waals surface area contributed by atoms with Crippen molar-refractivity contribution in [2.24, 2.45) is 5.41 Å². The normalized spacial score (nSPS) is 30.0. The number of hydrogen-bond donors (Lipinski definition) is 0. The number of ether oxygens (including phenoxy) is 1. The summed E-state index contributed by atoms with van der Waals surface area (Å²) in [4.78, 5) is 11.1. The monoisotopic (exact) mass is 140 g/mol. The summed E-state index contributed by atoms with van der Waals surface area (Å²) in [6, 6.07) is 0. The Morgan fingerprint density at radius 1 is 1.90 bits per heavy atom. The van der Waals surface area contributed by atoms with Crippen LogP contribution in [0.25, 0.3) is 0 Å². The Hall–Kier alpha value is -0.790. The van der Waals surface area contributed by atoms with Gasteiger partial charge in [0.2, 0.25) is 0 Å². The third-order valence-electron chi connectivity index (χ3n) is 1.95. The van der Waals surface area contributed by atoms with Gasteiger partial charge in [0.1, 0.15) is 0 Å². The molecule has 1 aliphatic carbocycles. The molecule has 0 radical (unpaired) electrons. The van der Waals surface area contributed by atoms with E-state index in [1.54, 1.807) is 0 Å². The van der Waals surface area contributed by atoms with Gasteiger partial charge in [-0.15, -0.1) is 0 Å². The van der Waals surface area contributed by atoms with Crippen molar-refractivity contribution in [1.82, 2.24) is 0 Å². The average molecular weight is 140 g/mol. The molecule has 2 nitrogen and oxygen atoms in total. The summed E-state index contributed by atoms with van der Waals surface area (Å²) in [6.07, 6.45) is 0.797. The molecule has 2 heteroatoms. The summed E-state index contributed by atoms with van der Waals surface area (Å²) < 4.78 is 4.84. The predicted molar refractivity (Wildman–Crippen MR) is 38.5 cm³/mol. The number of carbonyl (C=O) groups is 1. The second kappa shape index (κ2) is 2.11. The second-order valence-electron chi connectivity index (χ2n) is 2.83. The Morgan fingerprint density at radius 3 is 2.70 bits per heavy atom. The van der Waals surface area contributed by atoms with Crippen molar-refractivity contribution in [3.8, 4) is 0 Å². The van der Waals surface area contributed by atoms with E-state index in [4.69, 9.17) is 4.74 Å². The van der Waals surface area contributed by atoms with Crippen LogP contribution >= 0.6 is 0 Å². The van der Waals surface area contributed by atoms with Crippen molar-refractivity contribution < 1.29 is 9.53 Å². The van der Waals surface area contributed by atoms with Crippen molar-refractivity contribution >= 4 is 5.97 Å². The minimum absolute atomic E-state index is 0.125. The maximum atomic E-state index is 11.1. The van der Waals surface area contributed by atoms with Gasteiger partial charge in [0.25, 0.3) is 0 Å². The van der Waals surface area contributed by atoms with Gasteiger partial charge in [-0.25, -0.2) is 0 Å². The molecular weight excluding hydrogens is 128 g/mol. The van der Waals surface area contributed by atoms with E-state index >= 15 is 0 Å². The van der Waals surface area contributed by atoms with Crippen LogP contribution in [0.1, 0.15) is 20.3 Å². The highest BCUT2D eigenvalue weighted by Gasteiger charge is 2.50. The molecule has 0 aromatic rings. The number of carbonyl (C=O) groups excluding carboxylic acids is 1. The van der Waals surface area contributed by atoms with Crippen molar-refractivity contribution in [2.45, 2.75) is 20.3 Å². The Bertz CT molecular complexity index is 184. The SMILES string of the molecule is C=C1CC1(C)C(=O)OCC. The summed E-state index contributed by atoms with van der Waals surface area (Å²) in [7, 11) is 0. The van der Waals surface area contributed by atoms with Crippen LogP contribution in [-0.2, 0) is 9.53 Å². The molecule has 1 rings (SSSR count). The third kappa shape index (κ3) is 0.939. The number of rotatable bonds is 2. The van der Waals surface area contributed by atoms with E-state index in [0.29, 0.717) is 6.61 Å². The van der Waals surface area contributed by atoms with Crippen molar-refractivity contribution in [3.05, 3.63) is 12.2 Å². The molecule has 1 unspecified atom stereocenters. The summed E-state index contributed by atoms with van der Waals surface area (Å²) in [5.41, 5.74) is 0.654. The summed E-state index contributed by atoms with van der Waals surface area (Å²) in [5.74, 6) is -0.125. The number of esters is 1. The lowest BCUT2D eigenvalue weighted by Gasteiger charge is -2.05. The zero-order valence-electron chi connectivity index (χ0n) is 6.44. The highest BCUT2D eigenvalue weighted by atomic mass is 16.5. The van der Waals surface area contributed by atoms with Crippen LogP contribution in [0.3, 0.4) is 0 Å². The predicted octanol–water partition coefficient (Wildman–Crippen LogP) is 1.52. The maximum Gasteiger partial charge on any atom is 0.316 e. The van der Waals surface area contributed by atoms with Crippen LogP contribution in [-0.4, -0.2) is 12.6 Å². The van der Waals surface area contributed by atoms with Crippen molar-refractivity contribution in [3.63, 3.8) is 0 Å². The first kappa shape index (κ1) is 7.32. The largest absolute Gasteiger partial charge is 0.465 e. The second-order valence-corrected chi connectivity index (χ2v) is 2.83. The van der Waals surface area contributed by atoms with E-state index in [1.807, 2.05) is 13.8 Å². The van der Waals surface area contributed by atoms with E-state index in [2.05, 4.69) is 6.58 Å². The van der Waals surface area contributed by atoms with Crippen LogP contribution in [0, 0.1) is 5.41 Å². The van der Waals surface area contributed by atoms with Gasteiger partial charge < -0.3 is 4.74 Å². The smallest absolute Gasteiger partial charge is 0.316 e. The lowest BCUT2D eigenvalue weighted by Crippen LogP contribution is -2.15. The molecule has 10 heavy (non-hydrogen) atoms. The molecule has 56 valence electrons. The first-order valence-electron chi connectivity index (χ1n) is 3.46. The molecule has 0 bridgehead atoms. The fourth-order valence-corrected chi connectivity index (χ4v) is 0.889. The molecule has 0 saturated heterocycles. The Labute approximate surface area is 60.9 Å². The fraction of sp³-hybridized carbons (Fsp3) is 0.625. The molecule has 1 saturated carbocycles. The van der Waals surface area contributed by atoms with Gasteiger partial charge in [0.05, 0.1) is 12.0 Å². The maximum absolute atomic E-state index is 11.1. The van der Waals surface area contributed by atoms with E-state index in [1.165, 1.54) is 0 Å². The van der Waals surface area contributed by atoms with Gasteiger partial charge >= 0.3 is 5.97 Å². The topological polar surface area (TPSA) is 26.3 Å². The highest BCUT2D eigenvalue weighted by molar-refractivity contribution is 5.85. The highest BCUT2D eigenvalue weighted by Crippen LogP contribution is 2.51. The molecule has 0 aromatic carbocycles. The first-order valence-corrected chi connectivity index (χ1v) is 3.46. The molecular formula is C8H12O2. The zero-order valence-corrected chi connectivity index (χ0v) is 6.44. The zero-order chi connectivity index (χ0) is 7.78. The summed E-state index contributed by atoms with van der Waals surface area (Å²) in [6.45, 7) is 7.86. The third-order valence-corrected chi connectivity index (χ3v) is 1.95. The summed E-state index contributed by atoms with van der Waals surface area (Å²) >= 11 is 0. The first-order chi connectivity index (χ1) is 4.61. The van der Waals surface area contributed by atoms with E-state index in [-0.39, 0.29) is 11.4 Å². The van der Waals surface area contributed by atoms with Gasteiger partial charge in [-0.05, 0) is 20.3 Å². The molecule has 0 aromatic heterocycles. The molecule has 1 aliphatic rings. The van der Waals surface area contributed by atoms with Gasteiger partial charge in [-0.1, -0.05) is 12.2 Å². The van der Waals surface area contributed by atoms with Crippen LogP contribution in [0.4, 0.5) is 0 Å². The minimum Gasteiger partial charge on any atom is -0.465 e. The Balaban J connectivity index is 2.50. The van der Waals surface area contributed by atoms with Crippen LogP contribution in [0.15, 0.2) is 12.2 Å². The van der Waals surface area contributed by atoms with Gasteiger partial charge in [-0.3, -0.25) is 4.79 Å². The van der Waals surface area contributed by atoms with Gasteiger partial charge in [0.15, 0.2) is 0 Å². The van der Waals surface area contributed by atoms with Gasteiger partial charge in [-0.2, -0.15) is 0 Å². The number of hydrogen-bond acceptors (Lipinski definition) is 2. The van der Waals surface area contributed by atoms with Crippen LogP contribution < -0.4 is 0 Å². The minimum atomic E-state index is -0.337. The van der Waals surface area contributed by atoms with Crippen molar-refractivity contribution in [2.75, 3.05) is 6.61 Å². The molecule has 1 atom stereocenters. The van der Waals surface area contributed by atoms with Crippen LogP contribution in [0.5, 0.6) is 0 Å². The Kier molecular flexibility index (Phi) is 1.55. The standard InChI is InChI=1S/C8H12O2/c1-4-10-7(9)8(3)5-6(8)2/h2,4-5H2,1,3H3. The molecule has 0 amide bonds. The molecule has 1 fully saturated rings. The van der Waals surface area contributed by atoms with Crippen molar-refractivity contribution in [1.29, 1.82) is 0 Å². The summed E-state index contributed by atoms with van der Waals surface area (Å²) in [5, 5.41) is 0. The van der Waals surface area contributed by atoms with E-state index < -0.39 is 0 Å². The van der Waals surface area contributed by atoms with Crippen LogP contribution in [0.2, 0.25) is 0 Å². The lowest BCUT2D eigenvalue weighted by atomic mass is 10.1. The fourth-order valence-electron chi connectivity index (χ4n) is 0.889.